The first-order valence-electron chi connectivity index (χ1n) is 11.1. The largest absolute Gasteiger partial charge is 0.444 e. The molecule has 0 rings (SSSR count). The summed E-state index contributed by atoms with van der Waals surface area (Å²) in [6.45, 7) is 8.52. The van der Waals surface area contributed by atoms with Crippen molar-refractivity contribution in [2.45, 2.75) is 129 Å². The summed E-state index contributed by atoms with van der Waals surface area (Å²) in [5.41, 5.74) is 5.23. The Morgan fingerprint density at radius 3 is 1.73 bits per heavy atom. The number of hydrogen-bond donors (Lipinski definition) is 2. The Labute approximate surface area is 163 Å². The van der Waals surface area contributed by atoms with E-state index in [1.807, 2.05) is 20.8 Å². The minimum absolute atomic E-state index is 0.137. The van der Waals surface area contributed by atoms with Gasteiger partial charge in [0.2, 0.25) is 0 Å². The van der Waals surface area contributed by atoms with E-state index in [4.69, 9.17) is 10.5 Å². The van der Waals surface area contributed by atoms with Crippen LogP contribution in [0.1, 0.15) is 118 Å². The van der Waals surface area contributed by atoms with Crippen molar-refractivity contribution < 1.29 is 9.53 Å². The third kappa shape index (κ3) is 18.0. The Hall–Kier alpha value is -0.770. The molecular formula is C22H46N2O2. The molecule has 156 valence electrons. The molecule has 0 aliphatic rings. The second kappa shape index (κ2) is 16.4. The fourth-order valence-corrected chi connectivity index (χ4v) is 3.20. The van der Waals surface area contributed by atoms with Crippen LogP contribution in [0.3, 0.4) is 0 Å². The molecule has 3 N–H and O–H groups in total. The lowest BCUT2D eigenvalue weighted by atomic mass is 10.0. The summed E-state index contributed by atoms with van der Waals surface area (Å²) in [6.07, 6.45) is 17.7. The van der Waals surface area contributed by atoms with Crippen LogP contribution in [0.4, 0.5) is 4.79 Å². The zero-order valence-corrected chi connectivity index (χ0v) is 18.1. The SMILES string of the molecule is CCCCCCCCCCCCCCC(CCN)NC(=O)OC(C)(C)C. The average molecular weight is 371 g/mol. The van der Waals surface area contributed by atoms with Crippen LogP contribution in [0.5, 0.6) is 0 Å². The molecule has 0 saturated heterocycles. The van der Waals surface area contributed by atoms with Crippen LogP contribution in [0.2, 0.25) is 0 Å². The molecule has 4 nitrogen and oxygen atoms in total. The molecule has 0 bridgehead atoms. The van der Waals surface area contributed by atoms with Crippen LogP contribution in [0.25, 0.3) is 0 Å². The first kappa shape index (κ1) is 25.2. The molecule has 0 saturated carbocycles. The van der Waals surface area contributed by atoms with E-state index in [-0.39, 0.29) is 12.1 Å². The maximum Gasteiger partial charge on any atom is 0.407 e. The van der Waals surface area contributed by atoms with Crippen molar-refractivity contribution in [3.63, 3.8) is 0 Å². The van der Waals surface area contributed by atoms with Crippen LogP contribution in [-0.2, 0) is 4.74 Å². The van der Waals surface area contributed by atoms with E-state index in [9.17, 15) is 4.79 Å². The fourth-order valence-electron chi connectivity index (χ4n) is 3.20. The molecule has 26 heavy (non-hydrogen) atoms. The van der Waals surface area contributed by atoms with Crippen molar-refractivity contribution in [3.8, 4) is 0 Å². The molecule has 0 heterocycles. The molecule has 0 aromatic carbocycles. The first-order chi connectivity index (χ1) is 12.4. The average Bonchev–Trinajstić information content (AvgIpc) is 2.54. The Balaban J connectivity index is 3.61. The Bertz CT molecular complexity index is 327. The number of alkyl carbamates (subject to hydrolysis) is 1. The van der Waals surface area contributed by atoms with E-state index < -0.39 is 5.60 Å². The molecule has 0 radical (unpaired) electrons. The van der Waals surface area contributed by atoms with E-state index in [2.05, 4.69) is 12.2 Å². The molecule has 4 heteroatoms. The third-order valence-electron chi connectivity index (χ3n) is 4.64. The van der Waals surface area contributed by atoms with Gasteiger partial charge in [-0.2, -0.15) is 0 Å². The molecule has 0 spiro atoms. The number of ether oxygens (including phenoxy) is 1. The summed E-state index contributed by atoms with van der Waals surface area (Å²) >= 11 is 0. The minimum Gasteiger partial charge on any atom is -0.444 e. The second-order valence-corrected chi connectivity index (χ2v) is 8.60. The predicted molar refractivity (Wildman–Crippen MR) is 113 cm³/mol. The maximum atomic E-state index is 11.9. The summed E-state index contributed by atoms with van der Waals surface area (Å²) in [5.74, 6) is 0. The number of nitrogens with two attached hydrogens (primary N) is 1. The molecule has 1 unspecified atom stereocenters. The predicted octanol–water partition coefficient (Wildman–Crippen LogP) is 6.32. The minimum atomic E-state index is -0.451. The van der Waals surface area contributed by atoms with E-state index in [1.54, 1.807) is 0 Å². The second-order valence-electron chi connectivity index (χ2n) is 8.60. The highest BCUT2D eigenvalue weighted by atomic mass is 16.6. The van der Waals surface area contributed by atoms with Gasteiger partial charge in [-0.3, -0.25) is 0 Å². The Kier molecular flexibility index (Phi) is 15.9. The quantitative estimate of drug-likeness (QED) is 0.312. The highest BCUT2D eigenvalue weighted by molar-refractivity contribution is 5.68. The van der Waals surface area contributed by atoms with Crippen molar-refractivity contribution in [3.05, 3.63) is 0 Å². The van der Waals surface area contributed by atoms with Crippen LogP contribution in [-0.4, -0.2) is 24.3 Å². The molecular weight excluding hydrogens is 324 g/mol. The lowest BCUT2D eigenvalue weighted by molar-refractivity contribution is 0.0499. The standard InChI is InChI=1S/C22H46N2O2/c1-5-6-7-8-9-10-11-12-13-14-15-16-17-20(18-19-23)24-21(25)26-22(2,3)4/h20H,5-19,23H2,1-4H3,(H,24,25). The first-order valence-corrected chi connectivity index (χ1v) is 11.1. The molecule has 0 aromatic rings. The highest BCUT2D eigenvalue weighted by Crippen LogP contribution is 2.14. The molecule has 0 aliphatic heterocycles. The van der Waals surface area contributed by atoms with Crippen molar-refractivity contribution >= 4 is 6.09 Å². The summed E-state index contributed by atoms with van der Waals surface area (Å²) in [4.78, 5) is 11.9. The molecule has 0 aliphatic carbocycles. The smallest absolute Gasteiger partial charge is 0.407 e. The van der Waals surface area contributed by atoms with Gasteiger partial charge < -0.3 is 15.8 Å². The topological polar surface area (TPSA) is 64.3 Å². The van der Waals surface area contributed by atoms with Crippen LogP contribution >= 0.6 is 0 Å². The van der Waals surface area contributed by atoms with Gasteiger partial charge >= 0.3 is 6.09 Å². The van der Waals surface area contributed by atoms with Crippen LogP contribution in [0, 0.1) is 0 Å². The van der Waals surface area contributed by atoms with Crippen molar-refractivity contribution in [2.75, 3.05) is 6.54 Å². The van der Waals surface area contributed by atoms with E-state index in [0.29, 0.717) is 6.54 Å². The van der Waals surface area contributed by atoms with Gasteiger partial charge in [0.1, 0.15) is 5.60 Å². The van der Waals surface area contributed by atoms with Gasteiger partial charge in [0, 0.05) is 6.04 Å². The van der Waals surface area contributed by atoms with Crippen molar-refractivity contribution in [2.24, 2.45) is 5.73 Å². The molecule has 1 amide bonds. The highest BCUT2D eigenvalue weighted by Gasteiger charge is 2.18. The number of unbranched alkanes of at least 4 members (excludes halogenated alkanes) is 11. The van der Waals surface area contributed by atoms with Gasteiger partial charge in [-0.25, -0.2) is 4.79 Å². The van der Waals surface area contributed by atoms with Crippen molar-refractivity contribution in [1.29, 1.82) is 0 Å². The van der Waals surface area contributed by atoms with Gasteiger partial charge in [-0.15, -0.1) is 0 Å². The number of hydrogen-bond acceptors (Lipinski definition) is 3. The van der Waals surface area contributed by atoms with Crippen LogP contribution in [0.15, 0.2) is 0 Å². The third-order valence-corrected chi connectivity index (χ3v) is 4.64. The lowest BCUT2D eigenvalue weighted by Gasteiger charge is -2.23. The molecule has 1 atom stereocenters. The molecule has 0 aromatic heterocycles. The normalized spacial score (nSPS) is 12.8. The van der Waals surface area contributed by atoms with E-state index in [1.165, 1.54) is 70.6 Å². The van der Waals surface area contributed by atoms with Crippen molar-refractivity contribution in [1.82, 2.24) is 5.32 Å². The number of carbonyl (C=O) groups is 1. The van der Waals surface area contributed by atoms with Crippen LogP contribution < -0.4 is 11.1 Å². The number of carbonyl (C=O) groups excluding carboxylic acids is 1. The van der Waals surface area contributed by atoms with Gasteiger partial charge in [0.25, 0.3) is 0 Å². The number of rotatable bonds is 16. The van der Waals surface area contributed by atoms with Gasteiger partial charge in [0.05, 0.1) is 0 Å². The zero-order valence-electron chi connectivity index (χ0n) is 18.1. The monoisotopic (exact) mass is 370 g/mol. The Morgan fingerprint density at radius 1 is 0.846 bits per heavy atom. The van der Waals surface area contributed by atoms with E-state index in [0.717, 1.165) is 19.3 Å². The summed E-state index contributed by atoms with van der Waals surface area (Å²) in [5, 5.41) is 2.97. The van der Waals surface area contributed by atoms with E-state index >= 15 is 0 Å². The van der Waals surface area contributed by atoms with Gasteiger partial charge in [-0.05, 0) is 40.2 Å². The summed E-state index contributed by atoms with van der Waals surface area (Å²) in [6, 6.07) is 0.137. The zero-order chi connectivity index (χ0) is 19.7. The summed E-state index contributed by atoms with van der Waals surface area (Å²) in [7, 11) is 0. The Morgan fingerprint density at radius 2 is 1.31 bits per heavy atom. The van der Waals surface area contributed by atoms with Gasteiger partial charge in [0.15, 0.2) is 0 Å². The molecule has 0 fully saturated rings. The summed E-state index contributed by atoms with van der Waals surface area (Å²) < 4.78 is 5.34. The lowest BCUT2D eigenvalue weighted by Crippen LogP contribution is -2.40. The maximum absolute atomic E-state index is 11.9. The fraction of sp³-hybridized carbons (Fsp3) is 0.955. The number of amides is 1. The van der Waals surface area contributed by atoms with Gasteiger partial charge in [-0.1, -0.05) is 84.0 Å². The number of nitrogens with one attached hydrogen (secondary N) is 1.